The van der Waals surface area contributed by atoms with Gasteiger partial charge in [-0.2, -0.15) is 13.5 Å². The number of rotatable bonds is 6. The quantitative estimate of drug-likeness (QED) is 0.149. The highest BCUT2D eigenvalue weighted by molar-refractivity contribution is 7.85. The van der Waals surface area contributed by atoms with Gasteiger partial charge in [0.1, 0.15) is 11.4 Å². The van der Waals surface area contributed by atoms with Gasteiger partial charge in [-0.05, 0) is 30.3 Å². The number of para-hydroxylation sites is 1. The number of carbonyl (C=O) groups is 1. The SMILES string of the molecule is O=C(O)c1ccccc1N/N=C(\N=N\c1cc(S(=O)(=O)O)ccc1O)c1ccccc1. The molecule has 0 radical (unpaired) electrons. The maximum atomic E-state index is 11.4. The van der Waals surface area contributed by atoms with Gasteiger partial charge < -0.3 is 10.2 Å². The molecule has 0 fully saturated rings. The number of benzene rings is 3. The highest BCUT2D eigenvalue weighted by Crippen LogP contribution is 2.29. The first-order valence-corrected chi connectivity index (χ1v) is 10.1. The number of nitrogens with one attached hydrogen (secondary N) is 1. The van der Waals surface area contributed by atoms with Crippen molar-refractivity contribution in [3.05, 3.63) is 83.9 Å². The third kappa shape index (κ3) is 5.50. The van der Waals surface area contributed by atoms with Crippen LogP contribution in [0.2, 0.25) is 0 Å². The normalized spacial score (nSPS) is 12.1. The number of hydrogen-bond acceptors (Lipinski definition) is 7. The number of anilines is 1. The predicted octanol–water partition coefficient (Wildman–Crippen LogP) is 3.89. The minimum Gasteiger partial charge on any atom is -0.506 e. The van der Waals surface area contributed by atoms with Gasteiger partial charge in [-0.25, -0.2) is 4.79 Å². The van der Waals surface area contributed by atoms with Crippen molar-refractivity contribution < 1.29 is 28.0 Å². The van der Waals surface area contributed by atoms with E-state index in [1.807, 2.05) is 0 Å². The van der Waals surface area contributed by atoms with E-state index in [2.05, 4.69) is 20.8 Å². The van der Waals surface area contributed by atoms with E-state index in [1.54, 1.807) is 42.5 Å². The van der Waals surface area contributed by atoms with Gasteiger partial charge in [0.2, 0.25) is 5.84 Å². The summed E-state index contributed by atoms with van der Waals surface area (Å²) in [6.07, 6.45) is 0. The van der Waals surface area contributed by atoms with Crippen molar-refractivity contribution in [2.24, 2.45) is 15.3 Å². The van der Waals surface area contributed by atoms with Crippen LogP contribution < -0.4 is 5.43 Å². The van der Waals surface area contributed by atoms with Crippen LogP contribution in [0.3, 0.4) is 0 Å². The molecule has 0 bridgehead atoms. The van der Waals surface area contributed by atoms with Crippen molar-refractivity contribution in [3.8, 4) is 5.75 Å². The van der Waals surface area contributed by atoms with Crippen LogP contribution in [0.25, 0.3) is 0 Å². The minimum absolute atomic E-state index is 0.00546. The summed E-state index contributed by atoms with van der Waals surface area (Å²) in [7, 11) is -4.50. The van der Waals surface area contributed by atoms with Crippen LogP contribution in [0.15, 0.2) is 93.0 Å². The lowest BCUT2D eigenvalue weighted by atomic mass is 10.2. The molecule has 0 amide bonds. The van der Waals surface area contributed by atoms with Gasteiger partial charge in [0.05, 0.1) is 16.1 Å². The Kier molecular flexibility index (Phi) is 6.38. The van der Waals surface area contributed by atoms with Gasteiger partial charge in [-0.1, -0.05) is 42.5 Å². The zero-order chi connectivity index (χ0) is 22.4. The highest BCUT2D eigenvalue weighted by atomic mass is 32.2. The molecular formula is C20H16N4O6S. The number of amidine groups is 1. The Morgan fingerprint density at radius 2 is 1.61 bits per heavy atom. The number of phenols is 1. The third-order valence-electron chi connectivity index (χ3n) is 3.97. The molecule has 3 aromatic rings. The van der Waals surface area contributed by atoms with Crippen LogP contribution in [0, 0.1) is 0 Å². The van der Waals surface area contributed by atoms with Crippen molar-refractivity contribution in [3.63, 3.8) is 0 Å². The van der Waals surface area contributed by atoms with Crippen LogP contribution in [-0.2, 0) is 10.1 Å². The van der Waals surface area contributed by atoms with Crippen molar-refractivity contribution in [1.82, 2.24) is 0 Å². The summed E-state index contributed by atoms with van der Waals surface area (Å²) < 4.78 is 31.8. The van der Waals surface area contributed by atoms with Crippen LogP contribution in [0.4, 0.5) is 11.4 Å². The number of aromatic hydroxyl groups is 1. The Morgan fingerprint density at radius 1 is 0.935 bits per heavy atom. The number of nitrogens with zero attached hydrogens (tertiary/aromatic N) is 3. The van der Waals surface area contributed by atoms with E-state index in [0.717, 1.165) is 18.2 Å². The molecule has 0 spiro atoms. The Hall–Kier alpha value is -4.09. The summed E-state index contributed by atoms with van der Waals surface area (Å²) >= 11 is 0. The predicted molar refractivity (Wildman–Crippen MR) is 112 cm³/mol. The standard InChI is InChI=1S/C20H16N4O6S/c25-18-11-10-14(31(28,29)30)12-17(18)22-24-19(13-6-2-1-3-7-13)23-21-16-9-5-4-8-15(16)20(26)27/h1-12,21,25H,(H,26,27)(H,28,29,30)/b23-19-,24-22+. The maximum Gasteiger partial charge on any atom is 0.337 e. The van der Waals surface area contributed by atoms with Gasteiger partial charge in [0.15, 0.2) is 0 Å². The molecule has 31 heavy (non-hydrogen) atoms. The Bertz CT molecular complexity index is 1270. The van der Waals surface area contributed by atoms with E-state index in [9.17, 15) is 28.0 Å². The topological polar surface area (TPSA) is 161 Å². The van der Waals surface area contributed by atoms with E-state index >= 15 is 0 Å². The number of hydrogen-bond donors (Lipinski definition) is 4. The minimum atomic E-state index is -4.50. The van der Waals surface area contributed by atoms with E-state index in [0.29, 0.717) is 5.56 Å². The summed E-state index contributed by atoms with van der Waals surface area (Å²) in [6, 6.07) is 17.7. The number of carboxylic acid groups (broad SMARTS) is 1. The summed E-state index contributed by atoms with van der Waals surface area (Å²) in [5.41, 5.74) is 3.14. The smallest absolute Gasteiger partial charge is 0.337 e. The average Bonchev–Trinajstić information content (AvgIpc) is 2.75. The largest absolute Gasteiger partial charge is 0.506 e. The maximum absolute atomic E-state index is 11.4. The lowest BCUT2D eigenvalue weighted by Gasteiger charge is -2.06. The summed E-state index contributed by atoms with van der Waals surface area (Å²) in [5.74, 6) is -1.49. The monoisotopic (exact) mass is 440 g/mol. The molecular weight excluding hydrogens is 424 g/mol. The number of azo groups is 1. The third-order valence-corrected chi connectivity index (χ3v) is 4.82. The first-order chi connectivity index (χ1) is 14.8. The summed E-state index contributed by atoms with van der Waals surface area (Å²) in [6.45, 7) is 0. The van der Waals surface area contributed by atoms with Crippen LogP contribution in [0.5, 0.6) is 5.75 Å². The molecule has 0 unspecified atom stereocenters. The average molecular weight is 440 g/mol. The molecule has 0 aromatic heterocycles. The van der Waals surface area contributed by atoms with Crippen molar-refractivity contribution >= 4 is 33.3 Å². The zero-order valence-corrected chi connectivity index (χ0v) is 16.6. The second kappa shape index (κ2) is 9.15. The fraction of sp³-hybridized carbons (Fsp3) is 0. The van der Waals surface area contributed by atoms with E-state index in [-0.39, 0.29) is 28.5 Å². The molecule has 4 N–H and O–H groups in total. The molecule has 0 aliphatic heterocycles. The lowest BCUT2D eigenvalue weighted by Crippen LogP contribution is -2.05. The molecule has 3 rings (SSSR count). The molecule has 0 aliphatic carbocycles. The van der Waals surface area contributed by atoms with Crippen molar-refractivity contribution in [1.29, 1.82) is 0 Å². The molecule has 0 heterocycles. The molecule has 0 atom stereocenters. The van der Waals surface area contributed by atoms with Gasteiger partial charge in [0.25, 0.3) is 10.1 Å². The van der Waals surface area contributed by atoms with Gasteiger partial charge in [-0.3, -0.25) is 9.98 Å². The second-order valence-corrected chi connectivity index (χ2v) is 7.51. The van der Waals surface area contributed by atoms with E-state index < -0.39 is 21.0 Å². The number of phenolic OH excluding ortho intramolecular Hbond substituents is 1. The number of hydrazone groups is 1. The fourth-order valence-electron chi connectivity index (χ4n) is 2.46. The molecule has 3 aromatic carbocycles. The van der Waals surface area contributed by atoms with E-state index in [1.165, 1.54) is 12.1 Å². The molecule has 158 valence electrons. The number of carboxylic acids is 1. The molecule has 0 saturated carbocycles. The van der Waals surface area contributed by atoms with Crippen LogP contribution >= 0.6 is 0 Å². The van der Waals surface area contributed by atoms with Gasteiger partial charge in [0, 0.05) is 5.56 Å². The Morgan fingerprint density at radius 3 is 2.29 bits per heavy atom. The first-order valence-electron chi connectivity index (χ1n) is 8.69. The second-order valence-electron chi connectivity index (χ2n) is 6.09. The molecule has 11 heteroatoms. The van der Waals surface area contributed by atoms with Gasteiger partial charge in [-0.15, -0.1) is 10.2 Å². The van der Waals surface area contributed by atoms with E-state index in [4.69, 9.17) is 0 Å². The van der Waals surface area contributed by atoms with Crippen molar-refractivity contribution in [2.75, 3.05) is 5.43 Å². The molecule has 10 nitrogen and oxygen atoms in total. The Balaban J connectivity index is 2.00. The summed E-state index contributed by atoms with van der Waals surface area (Å²) in [4.78, 5) is 10.9. The fourth-order valence-corrected chi connectivity index (χ4v) is 2.96. The Labute approximate surface area is 177 Å². The van der Waals surface area contributed by atoms with Crippen LogP contribution in [-0.4, -0.2) is 35.0 Å². The lowest BCUT2D eigenvalue weighted by molar-refractivity contribution is 0.0698. The number of aromatic carboxylic acids is 1. The molecule has 0 saturated heterocycles. The first kappa shape index (κ1) is 21.6. The zero-order valence-electron chi connectivity index (χ0n) is 15.7. The highest BCUT2D eigenvalue weighted by Gasteiger charge is 2.13. The van der Waals surface area contributed by atoms with Crippen molar-refractivity contribution in [2.45, 2.75) is 4.90 Å². The van der Waals surface area contributed by atoms with Gasteiger partial charge >= 0.3 is 5.97 Å². The summed E-state index contributed by atoms with van der Waals surface area (Å²) in [5, 5.41) is 31.2. The molecule has 0 aliphatic rings. The van der Waals surface area contributed by atoms with Crippen LogP contribution in [0.1, 0.15) is 15.9 Å².